The summed E-state index contributed by atoms with van der Waals surface area (Å²) in [4.78, 5) is 0. The SMILES string of the molecule is CCC[N+](CCC)(CCC)CC(C)C.F[B-](F)(F)F.F[B-](F)(F)F.F[B-](F)(F)F.F[B-](F)(F)F. The lowest BCUT2D eigenvalue weighted by Crippen LogP contribution is -2.51. The lowest BCUT2D eigenvalue weighted by atomic mass is 10.1. The van der Waals surface area contributed by atoms with Gasteiger partial charge in [0.15, 0.2) is 0 Å². The second kappa shape index (κ2) is 20.3. The molecule has 34 heavy (non-hydrogen) atoms. The number of halogens is 16. The molecule has 0 heterocycles. The first kappa shape index (κ1) is 43.2. The zero-order chi connectivity index (χ0) is 29.0. The van der Waals surface area contributed by atoms with E-state index in [1.807, 2.05) is 0 Å². The Morgan fingerprint density at radius 3 is 0.676 bits per heavy atom. The fourth-order valence-electron chi connectivity index (χ4n) is 2.81. The van der Waals surface area contributed by atoms with Crippen molar-refractivity contribution in [3.8, 4) is 0 Å². The van der Waals surface area contributed by atoms with Gasteiger partial charge >= 0.3 is 29.0 Å². The summed E-state index contributed by atoms with van der Waals surface area (Å²) in [5, 5.41) is 0. The Morgan fingerprint density at radius 1 is 0.441 bits per heavy atom. The van der Waals surface area contributed by atoms with Crippen LogP contribution in [0.1, 0.15) is 53.9 Å². The largest absolute Gasteiger partial charge is 0.673 e. The highest BCUT2D eigenvalue weighted by molar-refractivity contribution is 6.50. The molecule has 0 atom stereocenters. The van der Waals surface area contributed by atoms with Crippen molar-refractivity contribution >= 4 is 29.0 Å². The van der Waals surface area contributed by atoms with Crippen LogP contribution in [0.25, 0.3) is 0 Å². The van der Waals surface area contributed by atoms with Gasteiger partial charge in [-0.05, 0) is 19.3 Å². The van der Waals surface area contributed by atoms with Crippen LogP contribution in [0.2, 0.25) is 0 Å². The van der Waals surface area contributed by atoms with E-state index in [0.29, 0.717) is 0 Å². The van der Waals surface area contributed by atoms with Crippen molar-refractivity contribution < 1.29 is 73.5 Å². The summed E-state index contributed by atoms with van der Waals surface area (Å²) in [6, 6.07) is 0. The predicted octanol–water partition coefficient (Wildman–Crippen LogP) is 8.89. The molecule has 0 saturated carbocycles. The van der Waals surface area contributed by atoms with E-state index in [0.717, 1.165) is 5.92 Å². The Morgan fingerprint density at radius 2 is 0.588 bits per heavy atom. The van der Waals surface area contributed by atoms with E-state index in [-0.39, 0.29) is 0 Å². The molecule has 21 heteroatoms. The van der Waals surface area contributed by atoms with Crippen LogP contribution in [0.3, 0.4) is 0 Å². The number of quaternary nitrogens is 1. The Balaban J connectivity index is -0.000000116. The van der Waals surface area contributed by atoms with E-state index >= 15 is 0 Å². The second-order valence-electron chi connectivity index (χ2n) is 7.07. The first-order valence-corrected chi connectivity index (χ1v) is 9.94. The molecule has 1 nitrogen and oxygen atoms in total. The minimum absolute atomic E-state index is 0.833. The van der Waals surface area contributed by atoms with E-state index in [1.54, 1.807) is 0 Å². The average Bonchev–Trinajstić information content (AvgIpc) is 2.39. The fraction of sp³-hybridized carbons (Fsp3) is 1.00. The summed E-state index contributed by atoms with van der Waals surface area (Å²) >= 11 is 0. The van der Waals surface area contributed by atoms with E-state index in [2.05, 4.69) is 34.6 Å². The summed E-state index contributed by atoms with van der Waals surface area (Å²) in [5.41, 5.74) is 0. The fourth-order valence-corrected chi connectivity index (χ4v) is 2.81. The third kappa shape index (κ3) is 109. The smallest absolute Gasteiger partial charge is 0.418 e. The third-order valence-electron chi connectivity index (χ3n) is 2.85. The van der Waals surface area contributed by atoms with Gasteiger partial charge in [0.25, 0.3) is 0 Å². The Hall–Kier alpha value is -0.900. The van der Waals surface area contributed by atoms with Gasteiger partial charge in [-0.15, -0.1) is 0 Å². The van der Waals surface area contributed by atoms with Crippen LogP contribution in [-0.2, 0) is 0 Å². The second-order valence-corrected chi connectivity index (χ2v) is 7.07. The van der Waals surface area contributed by atoms with Gasteiger partial charge in [0.1, 0.15) is 0 Å². The van der Waals surface area contributed by atoms with Gasteiger partial charge in [0.05, 0.1) is 26.2 Å². The first-order chi connectivity index (χ1) is 14.6. The molecule has 0 aromatic carbocycles. The van der Waals surface area contributed by atoms with Crippen LogP contribution < -0.4 is 0 Å². The van der Waals surface area contributed by atoms with Crippen molar-refractivity contribution in [2.75, 3.05) is 26.2 Å². The zero-order valence-corrected chi connectivity index (χ0v) is 19.3. The van der Waals surface area contributed by atoms with Crippen LogP contribution in [-0.4, -0.2) is 59.7 Å². The number of rotatable bonds is 8. The molecule has 0 saturated heterocycles. The molecular weight excluding hydrogens is 517 g/mol. The van der Waals surface area contributed by atoms with Crippen LogP contribution in [0.15, 0.2) is 0 Å². The maximum atomic E-state index is 9.75. The zero-order valence-electron chi connectivity index (χ0n) is 19.3. The minimum Gasteiger partial charge on any atom is -0.418 e. The highest BCUT2D eigenvalue weighted by Gasteiger charge is 2.25. The van der Waals surface area contributed by atoms with Gasteiger partial charge in [-0.1, -0.05) is 34.6 Å². The lowest BCUT2D eigenvalue weighted by Gasteiger charge is -2.40. The molecule has 0 unspecified atom stereocenters. The summed E-state index contributed by atoms with van der Waals surface area (Å²) in [6.45, 7) is 17.2. The molecule has 0 fully saturated rings. The summed E-state index contributed by atoms with van der Waals surface area (Å²) in [5.74, 6) is 0.833. The van der Waals surface area contributed by atoms with Crippen LogP contribution in [0.5, 0.6) is 0 Å². The molecule has 214 valence electrons. The Labute approximate surface area is 189 Å². The van der Waals surface area contributed by atoms with E-state index in [4.69, 9.17) is 0 Å². The Bertz CT molecular complexity index is 348. The van der Waals surface area contributed by atoms with Crippen molar-refractivity contribution in [1.82, 2.24) is 0 Å². The Kier molecular flexibility index (Phi) is 25.8. The molecule has 0 amide bonds. The molecule has 0 radical (unpaired) electrons. The molecule has 0 N–H and O–H groups in total. The van der Waals surface area contributed by atoms with Gasteiger partial charge in [-0.3, -0.25) is 0 Å². The number of nitrogens with zero attached hydrogens (tertiary/aromatic N) is 1. The van der Waals surface area contributed by atoms with Crippen molar-refractivity contribution in [3.05, 3.63) is 0 Å². The van der Waals surface area contributed by atoms with Gasteiger partial charge in [0.2, 0.25) is 0 Å². The van der Waals surface area contributed by atoms with Crippen molar-refractivity contribution in [1.29, 1.82) is 0 Å². The maximum Gasteiger partial charge on any atom is 0.673 e. The molecule has 0 aliphatic rings. The highest BCUT2D eigenvalue weighted by Crippen LogP contribution is 2.15. The third-order valence-corrected chi connectivity index (χ3v) is 2.85. The van der Waals surface area contributed by atoms with E-state index < -0.39 is 29.0 Å². The van der Waals surface area contributed by atoms with Gasteiger partial charge in [0, 0.05) is 5.92 Å². The molecule has 0 bridgehead atoms. The van der Waals surface area contributed by atoms with Gasteiger partial charge in [-0.2, -0.15) is 0 Å². The summed E-state index contributed by atoms with van der Waals surface area (Å²) in [7, 11) is -24.0. The molecule has 0 aromatic rings. The van der Waals surface area contributed by atoms with E-state index in [1.165, 1.54) is 49.9 Å². The van der Waals surface area contributed by atoms with Crippen molar-refractivity contribution in [2.45, 2.75) is 53.9 Å². The molecule has 0 aliphatic carbocycles. The number of hydrogen-bond acceptors (Lipinski definition) is 0. The normalized spacial score (nSPS) is 12.2. The van der Waals surface area contributed by atoms with E-state index in [9.17, 15) is 69.1 Å². The molecule has 0 spiro atoms. The molecule has 0 aliphatic heterocycles. The summed E-state index contributed by atoms with van der Waals surface area (Å²) < 4.78 is 157. The van der Waals surface area contributed by atoms with Crippen LogP contribution in [0.4, 0.5) is 69.1 Å². The standard InChI is InChI=1S/C13H30N.4BF4/c1-6-9-14(10-7-2,11-8-3)12-13(4)5;4*2-1(3,4)5/h13H,6-12H2,1-5H3;;;;/q+1;4*-1. The van der Waals surface area contributed by atoms with Crippen LogP contribution >= 0.6 is 0 Å². The average molecular weight is 548 g/mol. The molecule has 0 rings (SSSR count). The topological polar surface area (TPSA) is 0 Å². The molecule has 0 aromatic heterocycles. The van der Waals surface area contributed by atoms with Crippen LogP contribution in [0, 0.1) is 5.92 Å². The highest BCUT2D eigenvalue weighted by atomic mass is 19.5. The monoisotopic (exact) mass is 548 g/mol. The van der Waals surface area contributed by atoms with Gasteiger partial charge < -0.3 is 73.5 Å². The quantitative estimate of drug-likeness (QED) is 0.162. The van der Waals surface area contributed by atoms with Gasteiger partial charge in [-0.25, -0.2) is 0 Å². The van der Waals surface area contributed by atoms with Crippen molar-refractivity contribution in [3.63, 3.8) is 0 Å². The lowest BCUT2D eigenvalue weighted by molar-refractivity contribution is -0.931. The molecular formula is C13H30B4F16N-3. The first-order valence-electron chi connectivity index (χ1n) is 9.94. The minimum atomic E-state index is -6.00. The maximum absolute atomic E-state index is 9.75. The van der Waals surface area contributed by atoms with Crippen molar-refractivity contribution in [2.24, 2.45) is 5.92 Å². The number of hydrogen-bond donors (Lipinski definition) is 0. The summed E-state index contributed by atoms with van der Waals surface area (Å²) in [6.07, 6.45) is 3.98. The predicted molar refractivity (Wildman–Crippen MR) is 106 cm³/mol.